The molecule has 0 radical (unpaired) electrons. The number of hydrogen-bond donors (Lipinski definition) is 0. The number of esters is 3. The highest BCUT2D eigenvalue weighted by Crippen LogP contribution is 2.26. The van der Waals surface area contributed by atoms with Crippen LogP contribution in [-0.2, 0) is 23.8 Å². The molecule has 9 nitrogen and oxygen atoms in total. The Hall–Kier alpha value is -4.89. The molecule has 286 valence electrons. The molecule has 0 aliphatic carbocycles. The Kier molecular flexibility index (Phi) is 20.8. The second kappa shape index (κ2) is 26.0. The molecule has 1 atom stereocenters. The van der Waals surface area contributed by atoms with Crippen LogP contribution in [0.15, 0.2) is 98.1 Å². The minimum absolute atomic E-state index is 0.0885. The van der Waals surface area contributed by atoms with Crippen LogP contribution in [0.5, 0.6) is 17.2 Å². The van der Waals surface area contributed by atoms with Gasteiger partial charge in [-0.15, -0.1) is 0 Å². The van der Waals surface area contributed by atoms with Crippen LogP contribution in [0.4, 0.5) is 0 Å². The second-order valence-corrected chi connectivity index (χ2v) is 12.8. The number of benzene rings is 3. The van der Waals surface area contributed by atoms with Gasteiger partial charge in [-0.2, -0.15) is 0 Å². The van der Waals surface area contributed by atoms with Crippen molar-refractivity contribution in [2.75, 3.05) is 33.0 Å². The molecule has 3 aromatic carbocycles. The van der Waals surface area contributed by atoms with Crippen molar-refractivity contribution in [1.29, 1.82) is 0 Å². The van der Waals surface area contributed by atoms with Crippen molar-refractivity contribution in [3.8, 4) is 28.4 Å². The number of hydrogen-bond acceptors (Lipinski definition) is 9. The van der Waals surface area contributed by atoms with E-state index >= 15 is 0 Å². The standard InChI is InChI=1S/C44H56O9/c1-4-42(45)50-32-16-11-9-7-6-8-10-15-31-49-39-24-22-38(23-25-39)44(47)53-41-28-20-37(21-29-41)36-18-26-40(27-19-36)52-35(3)34-48-30-14-12-13-17-33-51-43(46)5-2/h4-5,18-29,35H,1-2,6-17,30-34H2,3H3/t35-/m0/s1. The summed E-state index contributed by atoms with van der Waals surface area (Å²) >= 11 is 0. The number of carbonyl (C=O) groups is 3. The Labute approximate surface area is 315 Å². The first-order valence-corrected chi connectivity index (χ1v) is 18.9. The molecule has 0 heterocycles. The van der Waals surface area contributed by atoms with Crippen molar-refractivity contribution < 1.29 is 42.8 Å². The molecule has 0 unspecified atom stereocenters. The highest BCUT2D eigenvalue weighted by molar-refractivity contribution is 5.91. The van der Waals surface area contributed by atoms with Gasteiger partial charge in [-0.05, 0) is 98.7 Å². The fraction of sp³-hybridized carbons (Fsp3) is 0.432. The van der Waals surface area contributed by atoms with Gasteiger partial charge < -0.3 is 28.4 Å². The number of ether oxygens (including phenoxy) is 6. The topological polar surface area (TPSA) is 107 Å². The van der Waals surface area contributed by atoms with Crippen LogP contribution in [0.25, 0.3) is 11.1 Å². The van der Waals surface area contributed by atoms with E-state index in [1.165, 1.54) is 31.4 Å². The molecule has 53 heavy (non-hydrogen) atoms. The van der Waals surface area contributed by atoms with Crippen LogP contribution >= 0.6 is 0 Å². The van der Waals surface area contributed by atoms with Gasteiger partial charge in [0.2, 0.25) is 0 Å². The third-order valence-corrected chi connectivity index (χ3v) is 8.34. The Morgan fingerprint density at radius 1 is 0.547 bits per heavy atom. The van der Waals surface area contributed by atoms with E-state index in [1.54, 1.807) is 36.4 Å². The predicted octanol–water partition coefficient (Wildman–Crippen LogP) is 9.88. The van der Waals surface area contributed by atoms with Gasteiger partial charge in [0.05, 0.1) is 32.0 Å². The zero-order valence-electron chi connectivity index (χ0n) is 31.3. The zero-order valence-corrected chi connectivity index (χ0v) is 31.3. The normalized spacial score (nSPS) is 11.3. The van der Waals surface area contributed by atoms with Crippen LogP contribution < -0.4 is 14.2 Å². The molecule has 0 spiro atoms. The van der Waals surface area contributed by atoms with Crippen molar-refractivity contribution in [1.82, 2.24) is 0 Å². The van der Waals surface area contributed by atoms with Gasteiger partial charge in [-0.1, -0.05) is 82.4 Å². The van der Waals surface area contributed by atoms with Crippen molar-refractivity contribution in [2.45, 2.75) is 90.1 Å². The Bertz CT molecular complexity index is 1500. The lowest BCUT2D eigenvalue weighted by Crippen LogP contribution is -2.19. The Morgan fingerprint density at radius 2 is 0.981 bits per heavy atom. The molecular weight excluding hydrogens is 672 g/mol. The number of rotatable bonds is 28. The van der Waals surface area contributed by atoms with Crippen LogP contribution in [-0.4, -0.2) is 57.0 Å². The van der Waals surface area contributed by atoms with E-state index in [9.17, 15) is 14.4 Å². The maximum atomic E-state index is 12.8. The number of carbonyl (C=O) groups excluding carboxylic acids is 3. The SMILES string of the molecule is C=CC(=O)OCCCCCCCCCCOc1ccc(C(=O)Oc2ccc(-c3ccc(O[C@@H](C)COCCCCCCOC(=O)C=C)cc3)cc2)cc1. The maximum absolute atomic E-state index is 12.8. The molecule has 0 aliphatic heterocycles. The Morgan fingerprint density at radius 3 is 1.49 bits per heavy atom. The van der Waals surface area contributed by atoms with Gasteiger partial charge >= 0.3 is 17.9 Å². The quantitative estimate of drug-likeness (QED) is 0.0313. The zero-order chi connectivity index (χ0) is 37.9. The van der Waals surface area contributed by atoms with E-state index in [1.807, 2.05) is 43.3 Å². The predicted molar refractivity (Wildman–Crippen MR) is 207 cm³/mol. The van der Waals surface area contributed by atoms with E-state index in [2.05, 4.69) is 13.2 Å². The minimum Gasteiger partial charge on any atom is -0.494 e. The van der Waals surface area contributed by atoms with Gasteiger partial charge in [-0.3, -0.25) is 0 Å². The smallest absolute Gasteiger partial charge is 0.343 e. The van der Waals surface area contributed by atoms with E-state index < -0.39 is 5.97 Å². The van der Waals surface area contributed by atoms with Crippen LogP contribution in [0, 0.1) is 0 Å². The van der Waals surface area contributed by atoms with Gasteiger partial charge in [-0.25, -0.2) is 14.4 Å². The highest BCUT2D eigenvalue weighted by Gasteiger charge is 2.10. The molecule has 0 saturated carbocycles. The number of unbranched alkanes of at least 4 members (excludes halogenated alkanes) is 10. The Balaban J connectivity index is 1.26. The summed E-state index contributed by atoms with van der Waals surface area (Å²) in [5.41, 5.74) is 2.47. The lowest BCUT2D eigenvalue weighted by molar-refractivity contribution is -0.138. The van der Waals surface area contributed by atoms with Crippen LogP contribution in [0.2, 0.25) is 0 Å². The average molecular weight is 729 g/mol. The van der Waals surface area contributed by atoms with E-state index in [-0.39, 0.29) is 18.0 Å². The summed E-state index contributed by atoms with van der Waals surface area (Å²) < 4.78 is 33.2. The van der Waals surface area contributed by atoms with Crippen molar-refractivity contribution in [2.24, 2.45) is 0 Å². The fourth-order valence-electron chi connectivity index (χ4n) is 5.39. The molecule has 0 bridgehead atoms. The highest BCUT2D eigenvalue weighted by atomic mass is 16.5. The van der Waals surface area contributed by atoms with Crippen LogP contribution in [0.3, 0.4) is 0 Å². The third kappa shape index (κ3) is 18.4. The first-order chi connectivity index (χ1) is 25.9. The maximum Gasteiger partial charge on any atom is 0.343 e. The molecule has 3 rings (SSSR count). The van der Waals surface area contributed by atoms with E-state index in [0.29, 0.717) is 44.3 Å². The molecular formula is C44H56O9. The summed E-state index contributed by atoms with van der Waals surface area (Å²) in [6.45, 7) is 11.4. The summed E-state index contributed by atoms with van der Waals surface area (Å²) in [6.07, 6.45) is 14.8. The molecule has 9 heteroatoms. The molecule has 3 aromatic rings. The monoisotopic (exact) mass is 728 g/mol. The average Bonchev–Trinajstić information content (AvgIpc) is 3.18. The summed E-state index contributed by atoms with van der Waals surface area (Å²) in [5, 5.41) is 0. The lowest BCUT2D eigenvalue weighted by atomic mass is 10.1. The van der Waals surface area contributed by atoms with Gasteiger partial charge in [0.1, 0.15) is 23.4 Å². The summed E-state index contributed by atoms with van der Waals surface area (Å²) in [6, 6.07) is 22.3. The fourth-order valence-corrected chi connectivity index (χ4v) is 5.39. The van der Waals surface area contributed by atoms with Crippen molar-refractivity contribution >= 4 is 17.9 Å². The molecule has 0 fully saturated rings. The van der Waals surface area contributed by atoms with Gasteiger partial charge in [0.25, 0.3) is 0 Å². The summed E-state index contributed by atoms with van der Waals surface area (Å²) in [5.74, 6) is 0.808. The third-order valence-electron chi connectivity index (χ3n) is 8.34. The largest absolute Gasteiger partial charge is 0.494 e. The van der Waals surface area contributed by atoms with E-state index in [0.717, 1.165) is 80.4 Å². The van der Waals surface area contributed by atoms with Crippen molar-refractivity contribution in [3.05, 3.63) is 104 Å². The molecule has 0 saturated heterocycles. The summed E-state index contributed by atoms with van der Waals surface area (Å²) in [7, 11) is 0. The van der Waals surface area contributed by atoms with Crippen molar-refractivity contribution in [3.63, 3.8) is 0 Å². The van der Waals surface area contributed by atoms with Gasteiger partial charge in [0.15, 0.2) is 0 Å². The van der Waals surface area contributed by atoms with E-state index in [4.69, 9.17) is 28.4 Å². The molecule has 0 N–H and O–H groups in total. The molecule has 0 aliphatic rings. The first kappa shape index (κ1) is 42.5. The minimum atomic E-state index is -0.426. The first-order valence-electron chi connectivity index (χ1n) is 18.9. The van der Waals surface area contributed by atoms with Crippen LogP contribution in [0.1, 0.15) is 94.3 Å². The molecule has 0 aromatic heterocycles. The van der Waals surface area contributed by atoms with Gasteiger partial charge in [0, 0.05) is 18.8 Å². The second-order valence-electron chi connectivity index (χ2n) is 12.8. The summed E-state index contributed by atoms with van der Waals surface area (Å²) in [4.78, 5) is 34.8. The molecule has 0 amide bonds. The lowest BCUT2D eigenvalue weighted by Gasteiger charge is -2.15.